The first kappa shape index (κ1) is 15.5. The molecular formula is C16H20N2O2S. The van der Waals surface area contributed by atoms with E-state index < -0.39 is 0 Å². The predicted octanol–water partition coefficient (Wildman–Crippen LogP) is 4.12. The first-order valence-corrected chi connectivity index (χ1v) is 7.94. The summed E-state index contributed by atoms with van der Waals surface area (Å²) in [7, 11) is 0. The molecule has 2 rings (SSSR count). The molecule has 0 saturated heterocycles. The van der Waals surface area contributed by atoms with Gasteiger partial charge in [0, 0.05) is 11.1 Å². The largest absolute Gasteiger partial charge is 0.466 e. The fourth-order valence-electron chi connectivity index (χ4n) is 2.03. The maximum Gasteiger partial charge on any atom is 0.311 e. The average molecular weight is 304 g/mol. The Morgan fingerprint density at radius 3 is 2.86 bits per heavy atom. The van der Waals surface area contributed by atoms with Crippen molar-refractivity contribution in [3.8, 4) is 0 Å². The zero-order valence-electron chi connectivity index (χ0n) is 12.6. The Morgan fingerprint density at radius 2 is 2.14 bits per heavy atom. The van der Waals surface area contributed by atoms with E-state index in [2.05, 4.69) is 30.2 Å². The number of nitrogens with one attached hydrogen (secondary N) is 1. The zero-order chi connectivity index (χ0) is 15.2. The average Bonchev–Trinajstić information content (AvgIpc) is 2.86. The molecule has 0 aliphatic rings. The molecule has 112 valence electrons. The minimum absolute atomic E-state index is 0.220. The number of nitrogens with zero attached hydrogens (tertiary/aromatic N) is 1. The van der Waals surface area contributed by atoms with E-state index >= 15 is 0 Å². The van der Waals surface area contributed by atoms with Gasteiger partial charge >= 0.3 is 5.97 Å². The van der Waals surface area contributed by atoms with Gasteiger partial charge in [-0.05, 0) is 24.5 Å². The summed E-state index contributed by atoms with van der Waals surface area (Å²) < 4.78 is 4.93. The third-order valence-electron chi connectivity index (χ3n) is 3.01. The predicted molar refractivity (Wildman–Crippen MR) is 86.3 cm³/mol. The molecule has 0 aliphatic carbocycles. The van der Waals surface area contributed by atoms with E-state index in [1.165, 1.54) is 16.9 Å². The van der Waals surface area contributed by atoms with Crippen LogP contribution in [0.2, 0.25) is 0 Å². The molecule has 1 heterocycles. The normalized spacial score (nSPS) is 10.7. The second-order valence-electron chi connectivity index (χ2n) is 4.99. The van der Waals surface area contributed by atoms with Crippen LogP contribution in [0.3, 0.4) is 0 Å². The van der Waals surface area contributed by atoms with Gasteiger partial charge in [-0.25, -0.2) is 4.98 Å². The quantitative estimate of drug-likeness (QED) is 0.816. The fraction of sp³-hybridized carbons (Fsp3) is 0.375. The Morgan fingerprint density at radius 1 is 1.38 bits per heavy atom. The topological polar surface area (TPSA) is 51.2 Å². The van der Waals surface area contributed by atoms with Crippen molar-refractivity contribution in [2.24, 2.45) is 0 Å². The molecule has 0 unspecified atom stereocenters. The highest BCUT2D eigenvalue weighted by Crippen LogP contribution is 2.28. The van der Waals surface area contributed by atoms with E-state index in [-0.39, 0.29) is 12.4 Å². The number of carbonyl (C=O) groups is 1. The van der Waals surface area contributed by atoms with Crippen LogP contribution in [-0.2, 0) is 16.0 Å². The van der Waals surface area contributed by atoms with Crippen LogP contribution in [0.1, 0.15) is 37.9 Å². The number of ether oxygens (including phenoxy) is 1. The van der Waals surface area contributed by atoms with Crippen LogP contribution in [0, 0.1) is 0 Å². The second kappa shape index (κ2) is 7.22. The number of esters is 1. The first-order valence-electron chi connectivity index (χ1n) is 7.06. The SMILES string of the molecule is CCOC(=O)Cc1csc(Nc2ccccc2C(C)C)n1. The number of thiazole rings is 1. The summed E-state index contributed by atoms with van der Waals surface area (Å²) in [6.07, 6.45) is 0.220. The summed E-state index contributed by atoms with van der Waals surface area (Å²) in [5, 5.41) is 6.01. The van der Waals surface area contributed by atoms with E-state index in [9.17, 15) is 4.79 Å². The van der Waals surface area contributed by atoms with E-state index in [0.29, 0.717) is 12.5 Å². The molecule has 0 fully saturated rings. The number of hydrogen-bond acceptors (Lipinski definition) is 5. The molecule has 0 spiro atoms. The van der Waals surface area contributed by atoms with Crippen LogP contribution in [0.15, 0.2) is 29.6 Å². The van der Waals surface area contributed by atoms with Crippen LogP contribution >= 0.6 is 11.3 Å². The summed E-state index contributed by atoms with van der Waals surface area (Å²) in [6, 6.07) is 8.19. The van der Waals surface area contributed by atoms with E-state index in [1.807, 2.05) is 23.6 Å². The summed E-state index contributed by atoms with van der Waals surface area (Å²) in [5.41, 5.74) is 3.05. The number of aromatic nitrogens is 1. The van der Waals surface area contributed by atoms with Gasteiger partial charge in [0.05, 0.1) is 18.7 Å². The van der Waals surface area contributed by atoms with Crippen molar-refractivity contribution < 1.29 is 9.53 Å². The molecule has 1 N–H and O–H groups in total. The van der Waals surface area contributed by atoms with Gasteiger partial charge in [0.25, 0.3) is 0 Å². The van der Waals surface area contributed by atoms with Crippen molar-refractivity contribution in [1.29, 1.82) is 0 Å². The summed E-state index contributed by atoms with van der Waals surface area (Å²) in [6.45, 7) is 6.52. The van der Waals surface area contributed by atoms with Gasteiger partial charge in [0.1, 0.15) is 0 Å². The molecule has 0 radical (unpaired) electrons. The molecule has 1 aromatic heterocycles. The zero-order valence-corrected chi connectivity index (χ0v) is 13.4. The maximum absolute atomic E-state index is 11.4. The number of carbonyl (C=O) groups excluding carboxylic acids is 1. The highest BCUT2D eigenvalue weighted by atomic mass is 32.1. The monoisotopic (exact) mass is 304 g/mol. The number of para-hydroxylation sites is 1. The molecular weight excluding hydrogens is 284 g/mol. The second-order valence-corrected chi connectivity index (χ2v) is 5.85. The number of rotatable bonds is 6. The Labute approximate surface area is 129 Å². The minimum atomic E-state index is -0.239. The summed E-state index contributed by atoms with van der Waals surface area (Å²) in [4.78, 5) is 15.9. The van der Waals surface area contributed by atoms with Gasteiger partial charge in [0.15, 0.2) is 5.13 Å². The van der Waals surface area contributed by atoms with Crippen molar-refractivity contribution >= 4 is 28.1 Å². The van der Waals surface area contributed by atoms with E-state index in [1.54, 1.807) is 6.92 Å². The number of benzene rings is 1. The van der Waals surface area contributed by atoms with E-state index in [0.717, 1.165) is 16.5 Å². The number of anilines is 2. The fourth-order valence-corrected chi connectivity index (χ4v) is 2.76. The summed E-state index contributed by atoms with van der Waals surface area (Å²) >= 11 is 1.49. The molecule has 4 nitrogen and oxygen atoms in total. The van der Waals surface area contributed by atoms with Crippen LogP contribution in [0.4, 0.5) is 10.8 Å². The van der Waals surface area contributed by atoms with Gasteiger partial charge in [-0.2, -0.15) is 0 Å². The third kappa shape index (κ3) is 4.29. The molecule has 21 heavy (non-hydrogen) atoms. The standard InChI is InChI=1S/C16H20N2O2S/c1-4-20-15(19)9-12-10-21-16(17-12)18-14-8-6-5-7-13(14)11(2)3/h5-8,10-11H,4,9H2,1-3H3,(H,17,18). The van der Waals surface area contributed by atoms with Crippen LogP contribution in [-0.4, -0.2) is 17.6 Å². The Kier molecular flexibility index (Phi) is 5.33. The van der Waals surface area contributed by atoms with Crippen molar-refractivity contribution in [1.82, 2.24) is 4.98 Å². The van der Waals surface area contributed by atoms with Crippen LogP contribution in [0.25, 0.3) is 0 Å². The van der Waals surface area contributed by atoms with Gasteiger partial charge < -0.3 is 10.1 Å². The van der Waals surface area contributed by atoms with Crippen molar-refractivity contribution in [2.75, 3.05) is 11.9 Å². The van der Waals surface area contributed by atoms with Crippen molar-refractivity contribution in [2.45, 2.75) is 33.1 Å². The molecule has 1 aromatic carbocycles. The third-order valence-corrected chi connectivity index (χ3v) is 3.81. The van der Waals surface area contributed by atoms with Crippen LogP contribution < -0.4 is 5.32 Å². The molecule has 0 bridgehead atoms. The van der Waals surface area contributed by atoms with Crippen LogP contribution in [0.5, 0.6) is 0 Å². The Bertz CT molecular complexity index is 608. The maximum atomic E-state index is 11.4. The summed E-state index contributed by atoms with van der Waals surface area (Å²) in [5.74, 6) is 0.199. The molecule has 0 amide bonds. The van der Waals surface area contributed by atoms with Gasteiger partial charge in [-0.15, -0.1) is 11.3 Å². The Balaban J connectivity index is 2.08. The lowest BCUT2D eigenvalue weighted by atomic mass is 10.0. The first-order chi connectivity index (χ1) is 10.1. The Hall–Kier alpha value is -1.88. The highest BCUT2D eigenvalue weighted by molar-refractivity contribution is 7.13. The lowest BCUT2D eigenvalue weighted by Gasteiger charge is -2.12. The smallest absolute Gasteiger partial charge is 0.311 e. The lowest BCUT2D eigenvalue weighted by molar-refractivity contribution is -0.142. The molecule has 0 atom stereocenters. The molecule has 0 aliphatic heterocycles. The highest BCUT2D eigenvalue weighted by Gasteiger charge is 2.10. The lowest BCUT2D eigenvalue weighted by Crippen LogP contribution is -2.07. The van der Waals surface area contributed by atoms with Gasteiger partial charge in [-0.1, -0.05) is 32.0 Å². The van der Waals surface area contributed by atoms with E-state index in [4.69, 9.17) is 4.74 Å². The molecule has 5 heteroatoms. The number of hydrogen-bond donors (Lipinski definition) is 1. The van der Waals surface area contributed by atoms with Crippen molar-refractivity contribution in [3.05, 3.63) is 40.9 Å². The molecule has 0 saturated carbocycles. The molecule has 2 aromatic rings. The van der Waals surface area contributed by atoms with Crippen molar-refractivity contribution in [3.63, 3.8) is 0 Å². The minimum Gasteiger partial charge on any atom is -0.466 e. The van der Waals surface area contributed by atoms with Gasteiger partial charge in [0.2, 0.25) is 0 Å². The van der Waals surface area contributed by atoms with Gasteiger partial charge in [-0.3, -0.25) is 4.79 Å².